The van der Waals surface area contributed by atoms with Crippen molar-refractivity contribution in [2.45, 2.75) is 38.6 Å². The maximum absolute atomic E-state index is 11.9. The minimum Gasteiger partial charge on any atom is -0.412 e. The molecule has 22 heavy (non-hydrogen) atoms. The molecule has 1 saturated heterocycles. The van der Waals surface area contributed by atoms with Gasteiger partial charge in [0.1, 0.15) is 0 Å². The second-order valence-corrected chi connectivity index (χ2v) is 5.48. The Morgan fingerprint density at radius 1 is 1.27 bits per heavy atom. The topological polar surface area (TPSA) is 89.9 Å². The molecule has 0 radical (unpaired) electrons. The number of nitrogens with two attached hydrogens (primary N) is 1. The van der Waals surface area contributed by atoms with E-state index in [9.17, 15) is 4.79 Å². The standard InChI is InChI=1S/C16H25N3O.ClH.H2O/c1-2-3-10-18-16(20)13-4-6-15(7-5-13)19-11-8-14(17)9-12-19;;/h4-7,14H,2-3,8-12,17H2,1H3,(H,18,20);1H;1H2. The van der Waals surface area contributed by atoms with Gasteiger partial charge in [0, 0.05) is 36.9 Å². The van der Waals surface area contributed by atoms with Crippen molar-refractivity contribution in [3.8, 4) is 0 Å². The van der Waals surface area contributed by atoms with E-state index in [0.29, 0.717) is 6.04 Å². The maximum atomic E-state index is 11.9. The van der Waals surface area contributed by atoms with Gasteiger partial charge in [0.15, 0.2) is 0 Å². The molecule has 0 aliphatic carbocycles. The molecule has 6 heteroatoms. The summed E-state index contributed by atoms with van der Waals surface area (Å²) in [6, 6.07) is 8.22. The number of piperidine rings is 1. The average Bonchev–Trinajstić information content (AvgIpc) is 2.48. The van der Waals surface area contributed by atoms with Crippen LogP contribution in [0.4, 0.5) is 5.69 Å². The second kappa shape index (κ2) is 10.4. The summed E-state index contributed by atoms with van der Waals surface area (Å²) in [5, 5.41) is 2.94. The van der Waals surface area contributed by atoms with Crippen LogP contribution in [0.3, 0.4) is 0 Å². The molecule has 1 aromatic carbocycles. The number of anilines is 1. The predicted octanol–water partition coefficient (Wildman–Crippen LogP) is 1.74. The van der Waals surface area contributed by atoms with Gasteiger partial charge < -0.3 is 21.4 Å². The first-order valence-electron chi connectivity index (χ1n) is 7.59. The summed E-state index contributed by atoms with van der Waals surface area (Å²) < 4.78 is 0. The van der Waals surface area contributed by atoms with Gasteiger partial charge in [-0.1, -0.05) is 13.3 Å². The van der Waals surface area contributed by atoms with Gasteiger partial charge in [0.2, 0.25) is 0 Å². The number of unbranched alkanes of at least 4 members (excludes halogenated alkanes) is 1. The third-order valence-electron chi connectivity index (χ3n) is 3.85. The predicted molar refractivity (Wildman–Crippen MR) is 94.0 cm³/mol. The van der Waals surface area contributed by atoms with Crippen molar-refractivity contribution in [2.75, 3.05) is 24.5 Å². The van der Waals surface area contributed by atoms with E-state index in [4.69, 9.17) is 5.73 Å². The molecule has 1 heterocycles. The number of carbonyl (C=O) groups excluding carboxylic acids is 1. The zero-order valence-electron chi connectivity index (χ0n) is 13.2. The minimum absolute atomic E-state index is 0. The fraction of sp³-hybridized carbons (Fsp3) is 0.562. The lowest BCUT2D eigenvalue weighted by Gasteiger charge is -2.32. The molecule has 2 rings (SSSR count). The van der Waals surface area contributed by atoms with Crippen molar-refractivity contribution in [1.29, 1.82) is 0 Å². The molecule has 126 valence electrons. The first-order valence-corrected chi connectivity index (χ1v) is 7.59. The summed E-state index contributed by atoms with van der Waals surface area (Å²) in [5.41, 5.74) is 7.83. The van der Waals surface area contributed by atoms with Crippen molar-refractivity contribution in [2.24, 2.45) is 5.73 Å². The van der Waals surface area contributed by atoms with Crippen molar-refractivity contribution in [1.82, 2.24) is 5.32 Å². The number of carbonyl (C=O) groups is 1. The Morgan fingerprint density at radius 2 is 1.86 bits per heavy atom. The number of nitrogens with one attached hydrogen (secondary N) is 1. The summed E-state index contributed by atoms with van der Waals surface area (Å²) in [5.74, 6) is 0.0191. The molecule has 1 aliphatic rings. The third-order valence-corrected chi connectivity index (χ3v) is 3.85. The number of halogens is 1. The zero-order valence-corrected chi connectivity index (χ0v) is 14.0. The van der Waals surface area contributed by atoms with E-state index in [-0.39, 0.29) is 23.8 Å². The minimum atomic E-state index is 0. The molecular weight excluding hydrogens is 302 g/mol. The highest BCUT2D eigenvalue weighted by atomic mass is 35.5. The maximum Gasteiger partial charge on any atom is 0.251 e. The molecule has 5 N–H and O–H groups in total. The lowest BCUT2D eigenvalue weighted by atomic mass is 10.0. The second-order valence-electron chi connectivity index (χ2n) is 5.48. The average molecular weight is 330 g/mol. The van der Waals surface area contributed by atoms with Crippen molar-refractivity contribution in [3.05, 3.63) is 29.8 Å². The third kappa shape index (κ3) is 5.83. The van der Waals surface area contributed by atoms with Gasteiger partial charge in [-0.05, 0) is 43.5 Å². The van der Waals surface area contributed by atoms with Crippen LogP contribution in [0.2, 0.25) is 0 Å². The summed E-state index contributed by atoms with van der Waals surface area (Å²) >= 11 is 0. The monoisotopic (exact) mass is 329 g/mol. The van der Waals surface area contributed by atoms with Crippen LogP contribution in [0.5, 0.6) is 0 Å². The molecule has 0 saturated carbocycles. The van der Waals surface area contributed by atoms with E-state index in [2.05, 4.69) is 17.1 Å². The van der Waals surface area contributed by atoms with Crippen LogP contribution in [0, 0.1) is 0 Å². The summed E-state index contributed by atoms with van der Waals surface area (Å²) in [6.45, 7) is 4.87. The largest absolute Gasteiger partial charge is 0.412 e. The number of hydrogen-bond acceptors (Lipinski definition) is 3. The van der Waals surface area contributed by atoms with Gasteiger partial charge in [-0.15, -0.1) is 12.4 Å². The Bertz CT molecular complexity index is 432. The quantitative estimate of drug-likeness (QED) is 0.806. The van der Waals surface area contributed by atoms with Crippen LogP contribution < -0.4 is 16.0 Å². The molecule has 0 atom stereocenters. The number of rotatable bonds is 5. The number of nitrogens with zero attached hydrogens (tertiary/aromatic N) is 1. The lowest BCUT2D eigenvalue weighted by molar-refractivity contribution is 0.0953. The zero-order chi connectivity index (χ0) is 14.4. The summed E-state index contributed by atoms with van der Waals surface area (Å²) in [4.78, 5) is 14.2. The molecule has 1 aliphatic heterocycles. The molecule has 1 aromatic rings. The van der Waals surface area contributed by atoms with Crippen LogP contribution in [-0.2, 0) is 0 Å². The summed E-state index contributed by atoms with van der Waals surface area (Å²) in [7, 11) is 0. The Balaban J connectivity index is 0.00000220. The van der Waals surface area contributed by atoms with Gasteiger partial charge in [-0.25, -0.2) is 0 Å². The van der Waals surface area contributed by atoms with Crippen molar-refractivity contribution in [3.63, 3.8) is 0 Å². The van der Waals surface area contributed by atoms with Gasteiger partial charge in [-0.3, -0.25) is 4.79 Å². The molecule has 1 amide bonds. The van der Waals surface area contributed by atoms with Crippen LogP contribution >= 0.6 is 12.4 Å². The van der Waals surface area contributed by atoms with Crippen molar-refractivity contribution < 1.29 is 10.3 Å². The molecule has 0 unspecified atom stereocenters. The molecule has 0 bridgehead atoms. The first kappa shape index (κ1) is 20.7. The number of benzene rings is 1. The summed E-state index contributed by atoms with van der Waals surface area (Å²) in [6.07, 6.45) is 4.20. The lowest BCUT2D eigenvalue weighted by Crippen LogP contribution is -2.39. The fourth-order valence-corrected chi connectivity index (χ4v) is 2.46. The highest BCUT2D eigenvalue weighted by Gasteiger charge is 2.16. The normalized spacial score (nSPS) is 14.7. The van der Waals surface area contributed by atoms with Gasteiger partial charge in [0.05, 0.1) is 0 Å². The smallest absolute Gasteiger partial charge is 0.251 e. The van der Waals surface area contributed by atoms with E-state index >= 15 is 0 Å². The Kier molecular flexibility index (Phi) is 9.81. The van der Waals surface area contributed by atoms with E-state index in [0.717, 1.165) is 50.9 Å². The van der Waals surface area contributed by atoms with Gasteiger partial charge in [-0.2, -0.15) is 0 Å². The molecule has 0 aromatic heterocycles. The molecule has 0 spiro atoms. The van der Waals surface area contributed by atoms with Crippen LogP contribution in [0.25, 0.3) is 0 Å². The van der Waals surface area contributed by atoms with E-state index in [1.165, 1.54) is 5.69 Å². The van der Waals surface area contributed by atoms with Crippen LogP contribution in [-0.4, -0.2) is 37.1 Å². The highest BCUT2D eigenvalue weighted by Crippen LogP contribution is 2.19. The Morgan fingerprint density at radius 3 is 2.41 bits per heavy atom. The molecule has 1 fully saturated rings. The fourth-order valence-electron chi connectivity index (χ4n) is 2.46. The van der Waals surface area contributed by atoms with Gasteiger partial charge >= 0.3 is 0 Å². The number of amides is 1. The van der Waals surface area contributed by atoms with Gasteiger partial charge in [0.25, 0.3) is 5.91 Å². The van der Waals surface area contributed by atoms with E-state index < -0.39 is 0 Å². The van der Waals surface area contributed by atoms with E-state index in [1.807, 2.05) is 24.3 Å². The Hall–Kier alpha value is -1.30. The van der Waals surface area contributed by atoms with Crippen molar-refractivity contribution >= 4 is 24.0 Å². The van der Waals surface area contributed by atoms with Crippen LogP contribution in [0.1, 0.15) is 43.0 Å². The van der Waals surface area contributed by atoms with Crippen LogP contribution in [0.15, 0.2) is 24.3 Å². The SMILES string of the molecule is CCCCNC(=O)c1ccc(N2CCC(N)CC2)cc1.Cl.O. The van der Waals surface area contributed by atoms with E-state index in [1.54, 1.807) is 0 Å². The molecular formula is C16H28ClN3O2. The first-order chi connectivity index (χ1) is 9.70. The Labute approximate surface area is 139 Å². The highest BCUT2D eigenvalue weighted by molar-refractivity contribution is 5.94. The molecule has 5 nitrogen and oxygen atoms in total. The number of hydrogen-bond donors (Lipinski definition) is 2.